The van der Waals surface area contributed by atoms with E-state index >= 15 is 0 Å². The van der Waals surface area contributed by atoms with Gasteiger partial charge in [-0.15, -0.1) is 0 Å². The van der Waals surface area contributed by atoms with E-state index in [4.69, 9.17) is 5.11 Å². The number of carbonyl (C=O) groups is 1. The molecule has 82 valence electrons. The van der Waals surface area contributed by atoms with Crippen LogP contribution in [-0.4, -0.2) is 33.9 Å². The number of hydrogen-bond acceptors (Lipinski definition) is 3. The fraction of sp³-hybridized carbons (Fsp3) is 0.600. The Morgan fingerprint density at radius 3 is 2.80 bits per heavy atom. The predicted molar refractivity (Wildman–Crippen MR) is 55.9 cm³/mol. The molecule has 1 aromatic heterocycles. The zero-order chi connectivity index (χ0) is 10.7. The molecular weight excluding hydrogens is 194 g/mol. The Labute approximate surface area is 88.3 Å². The molecule has 1 aliphatic rings. The van der Waals surface area contributed by atoms with Gasteiger partial charge in [-0.05, 0) is 19.3 Å². The lowest BCUT2D eigenvalue weighted by Crippen LogP contribution is -2.28. The maximum atomic E-state index is 10.5. The van der Waals surface area contributed by atoms with Gasteiger partial charge in [-0.3, -0.25) is 9.48 Å². The van der Waals surface area contributed by atoms with Crippen LogP contribution in [0.4, 0.5) is 5.69 Å². The highest BCUT2D eigenvalue weighted by atomic mass is 16.4. The summed E-state index contributed by atoms with van der Waals surface area (Å²) in [6, 6.07) is 0. The molecule has 2 rings (SSSR count). The fourth-order valence-electron chi connectivity index (χ4n) is 1.89. The van der Waals surface area contributed by atoms with Crippen molar-refractivity contribution in [2.24, 2.45) is 0 Å². The molecule has 1 saturated heterocycles. The normalized spacial score (nSPS) is 16.7. The first-order valence-corrected chi connectivity index (χ1v) is 5.25. The number of nitrogens with zero attached hydrogens (tertiary/aromatic N) is 3. The van der Waals surface area contributed by atoms with Crippen LogP contribution in [0.1, 0.15) is 19.3 Å². The van der Waals surface area contributed by atoms with Gasteiger partial charge in [0.15, 0.2) is 0 Å². The number of hydrogen-bond donors (Lipinski definition) is 1. The molecule has 0 saturated carbocycles. The van der Waals surface area contributed by atoms with E-state index in [2.05, 4.69) is 10.00 Å². The minimum atomic E-state index is -0.858. The minimum Gasteiger partial charge on any atom is -0.480 e. The number of aliphatic carboxylic acids is 1. The van der Waals surface area contributed by atoms with Gasteiger partial charge < -0.3 is 10.0 Å². The average molecular weight is 209 g/mol. The third-order valence-electron chi connectivity index (χ3n) is 2.64. The number of piperidine rings is 1. The molecule has 0 aliphatic carbocycles. The monoisotopic (exact) mass is 209 g/mol. The SMILES string of the molecule is O=C(O)Cn1cc(N2CCCCC2)cn1. The smallest absolute Gasteiger partial charge is 0.325 e. The largest absolute Gasteiger partial charge is 0.480 e. The molecule has 5 heteroatoms. The lowest BCUT2D eigenvalue weighted by Gasteiger charge is -2.27. The third-order valence-corrected chi connectivity index (χ3v) is 2.64. The first-order valence-electron chi connectivity index (χ1n) is 5.25. The molecule has 1 fully saturated rings. The van der Waals surface area contributed by atoms with Crippen molar-refractivity contribution < 1.29 is 9.90 Å². The molecular formula is C10H15N3O2. The number of carboxylic acid groups (broad SMARTS) is 1. The number of aromatic nitrogens is 2. The van der Waals surface area contributed by atoms with E-state index in [1.165, 1.54) is 23.9 Å². The van der Waals surface area contributed by atoms with Crippen LogP contribution in [0.2, 0.25) is 0 Å². The molecule has 0 unspecified atom stereocenters. The third kappa shape index (κ3) is 2.49. The maximum absolute atomic E-state index is 10.5. The zero-order valence-corrected chi connectivity index (χ0v) is 8.59. The van der Waals surface area contributed by atoms with E-state index in [0.717, 1.165) is 18.8 Å². The Hall–Kier alpha value is -1.52. The lowest BCUT2D eigenvalue weighted by atomic mass is 10.1. The highest BCUT2D eigenvalue weighted by Crippen LogP contribution is 2.18. The van der Waals surface area contributed by atoms with Crippen molar-refractivity contribution in [1.29, 1.82) is 0 Å². The van der Waals surface area contributed by atoms with E-state index in [1.807, 2.05) is 0 Å². The van der Waals surface area contributed by atoms with Crippen molar-refractivity contribution >= 4 is 11.7 Å². The van der Waals surface area contributed by atoms with Gasteiger partial charge in [0.2, 0.25) is 0 Å². The highest BCUT2D eigenvalue weighted by Gasteiger charge is 2.12. The maximum Gasteiger partial charge on any atom is 0.325 e. The summed E-state index contributed by atoms with van der Waals surface area (Å²) in [5.74, 6) is -0.858. The van der Waals surface area contributed by atoms with Crippen molar-refractivity contribution in [3.63, 3.8) is 0 Å². The van der Waals surface area contributed by atoms with Crippen molar-refractivity contribution in [2.45, 2.75) is 25.8 Å². The lowest BCUT2D eigenvalue weighted by molar-refractivity contribution is -0.137. The average Bonchev–Trinajstić information content (AvgIpc) is 2.67. The number of carboxylic acids is 1. The summed E-state index contributed by atoms with van der Waals surface area (Å²) < 4.78 is 1.46. The molecule has 0 aromatic carbocycles. The molecule has 1 N–H and O–H groups in total. The van der Waals surface area contributed by atoms with Crippen LogP contribution in [0.5, 0.6) is 0 Å². The summed E-state index contributed by atoms with van der Waals surface area (Å²) in [6.07, 6.45) is 7.27. The Bertz CT molecular complexity index is 342. The zero-order valence-electron chi connectivity index (χ0n) is 8.59. The number of rotatable bonds is 3. The second-order valence-electron chi connectivity index (χ2n) is 3.84. The molecule has 0 amide bonds. The van der Waals surface area contributed by atoms with Crippen LogP contribution in [0.3, 0.4) is 0 Å². The first kappa shape index (κ1) is 10.0. The van der Waals surface area contributed by atoms with E-state index in [-0.39, 0.29) is 6.54 Å². The van der Waals surface area contributed by atoms with Crippen molar-refractivity contribution in [3.05, 3.63) is 12.4 Å². The molecule has 0 bridgehead atoms. The molecule has 1 aliphatic heterocycles. The van der Waals surface area contributed by atoms with Gasteiger partial charge in [-0.25, -0.2) is 0 Å². The van der Waals surface area contributed by atoms with Crippen molar-refractivity contribution in [3.8, 4) is 0 Å². The first-order chi connectivity index (χ1) is 7.25. The summed E-state index contributed by atoms with van der Waals surface area (Å²) in [7, 11) is 0. The summed E-state index contributed by atoms with van der Waals surface area (Å²) in [5, 5.41) is 12.6. The van der Waals surface area contributed by atoms with E-state index < -0.39 is 5.97 Å². The van der Waals surface area contributed by atoms with Crippen LogP contribution in [-0.2, 0) is 11.3 Å². The Morgan fingerprint density at radius 2 is 2.13 bits per heavy atom. The van der Waals surface area contributed by atoms with Crippen LogP contribution in [0, 0.1) is 0 Å². The summed E-state index contributed by atoms with van der Waals surface area (Å²) in [5.41, 5.74) is 1.04. The molecule has 15 heavy (non-hydrogen) atoms. The minimum absolute atomic E-state index is 0.0617. The number of anilines is 1. The molecule has 5 nitrogen and oxygen atoms in total. The fourth-order valence-corrected chi connectivity index (χ4v) is 1.89. The standard InChI is InChI=1S/C10H15N3O2/c14-10(15)8-13-7-9(6-11-13)12-4-2-1-3-5-12/h6-7H,1-5,8H2,(H,14,15). The summed E-state index contributed by atoms with van der Waals surface area (Å²) in [4.78, 5) is 12.7. The van der Waals surface area contributed by atoms with Gasteiger partial charge in [0.1, 0.15) is 6.54 Å². The molecule has 2 heterocycles. The summed E-state index contributed by atoms with van der Waals surface area (Å²) in [6.45, 7) is 2.05. The van der Waals surface area contributed by atoms with Crippen molar-refractivity contribution in [2.75, 3.05) is 18.0 Å². The van der Waals surface area contributed by atoms with Crippen LogP contribution >= 0.6 is 0 Å². The van der Waals surface area contributed by atoms with E-state index in [9.17, 15) is 4.79 Å². The Kier molecular flexibility index (Phi) is 2.89. The summed E-state index contributed by atoms with van der Waals surface area (Å²) >= 11 is 0. The molecule has 0 atom stereocenters. The van der Waals surface area contributed by atoms with Gasteiger partial charge in [-0.2, -0.15) is 5.10 Å². The Balaban J connectivity index is 2.02. The van der Waals surface area contributed by atoms with Gasteiger partial charge in [0, 0.05) is 19.3 Å². The quantitative estimate of drug-likeness (QED) is 0.805. The molecule has 1 aromatic rings. The Morgan fingerprint density at radius 1 is 1.40 bits per heavy atom. The molecule has 0 radical (unpaired) electrons. The topological polar surface area (TPSA) is 58.4 Å². The van der Waals surface area contributed by atoms with Crippen LogP contribution in [0.25, 0.3) is 0 Å². The second-order valence-corrected chi connectivity index (χ2v) is 3.84. The van der Waals surface area contributed by atoms with Crippen LogP contribution in [0.15, 0.2) is 12.4 Å². The second kappa shape index (κ2) is 4.33. The van der Waals surface area contributed by atoms with Gasteiger partial charge in [-0.1, -0.05) is 0 Å². The predicted octanol–water partition coefficient (Wildman–Crippen LogP) is 0.958. The van der Waals surface area contributed by atoms with E-state index in [0.29, 0.717) is 0 Å². The van der Waals surface area contributed by atoms with Gasteiger partial charge >= 0.3 is 5.97 Å². The van der Waals surface area contributed by atoms with E-state index in [1.54, 1.807) is 12.4 Å². The molecule has 0 spiro atoms. The van der Waals surface area contributed by atoms with Gasteiger partial charge in [0.05, 0.1) is 11.9 Å². The highest BCUT2D eigenvalue weighted by molar-refractivity contribution is 5.66. The van der Waals surface area contributed by atoms with Crippen LogP contribution < -0.4 is 4.90 Å². The van der Waals surface area contributed by atoms with Crippen molar-refractivity contribution in [1.82, 2.24) is 9.78 Å². The van der Waals surface area contributed by atoms with Gasteiger partial charge in [0.25, 0.3) is 0 Å².